The first-order valence-electron chi connectivity index (χ1n) is 3.95. The summed E-state index contributed by atoms with van der Waals surface area (Å²) in [6.07, 6.45) is -0.157. The van der Waals surface area contributed by atoms with Crippen molar-refractivity contribution in [2.45, 2.75) is 15.8 Å². The van der Waals surface area contributed by atoms with Gasteiger partial charge in [-0.3, -0.25) is 4.79 Å². The summed E-state index contributed by atoms with van der Waals surface area (Å²) in [4.78, 5) is 11.3. The first-order chi connectivity index (χ1) is 6.03. The molecule has 1 N–H and O–H groups in total. The Morgan fingerprint density at radius 1 is 1.54 bits per heavy atom. The molecule has 0 aromatic rings. The van der Waals surface area contributed by atoms with Gasteiger partial charge < -0.3 is 10.1 Å². The third-order valence-corrected chi connectivity index (χ3v) is 3.69. The highest BCUT2D eigenvalue weighted by molar-refractivity contribution is 6.58. The maximum Gasteiger partial charge on any atom is 0.256 e. The summed E-state index contributed by atoms with van der Waals surface area (Å²) in [5, 5.41) is 2.29. The van der Waals surface area contributed by atoms with Gasteiger partial charge in [-0.2, -0.15) is 0 Å². The van der Waals surface area contributed by atoms with Crippen LogP contribution in [0.25, 0.3) is 0 Å². The number of fused-ring (bicyclic) bond motifs is 1. The van der Waals surface area contributed by atoms with E-state index in [1.54, 1.807) is 0 Å². The van der Waals surface area contributed by atoms with E-state index in [2.05, 4.69) is 5.32 Å². The molecule has 2 saturated heterocycles. The van der Waals surface area contributed by atoms with Crippen LogP contribution in [0.3, 0.4) is 0 Å². The van der Waals surface area contributed by atoms with E-state index < -0.39 is 4.33 Å². The first-order valence-corrected chi connectivity index (χ1v) is 5.14. The average Bonchev–Trinajstić information content (AvgIpc) is 2.41. The number of alkyl halides is 3. The average molecular weight is 245 g/mol. The number of halogens is 3. The normalized spacial score (nSPS) is 42.7. The zero-order valence-electron chi connectivity index (χ0n) is 6.60. The number of piperidine rings is 1. The first kappa shape index (κ1) is 9.84. The molecule has 74 valence electrons. The molecule has 2 fully saturated rings. The molecule has 3 nitrogen and oxygen atoms in total. The number of carbonyl (C=O) groups is 1. The van der Waals surface area contributed by atoms with Crippen molar-refractivity contribution >= 4 is 40.7 Å². The Morgan fingerprint density at radius 3 is 2.92 bits per heavy atom. The maximum atomic E-state index is 11.3. The SMILES string of the molecule is O=C1NC[C@H]2OC[C@H](Cl)[C@H]2C1(Cl)Cl. The number of hydrogen-bond acceptors (Lipinski definition) is 2. The van der Waals surface area contributed by atoms with Crippen LogP contribution in [0.2, 0.25) is 0 Å². The Hall–Kier alpha value is 0.300. The Kier molecular flexibility index (Phi) is 2.39. The molecule has 2 aliphatic rings. The maximum absolute atomic E-state index is 11.3. The minimum absolute atomic E-state index is 0.157. The van der Waals surface area contributed by atoms with E-state index in [0.717, 1.165) is 0 Å². The molecule has 0 saturated carbocycles. The minimum Gasteiger partial charge on any atom is -0.374 e. The highest BCUT2D eigenvalue weighted by Gasteiger charge is 2.56. The van der Waals surface area contributed by atoms with E-state index in [4.69, 9.17) is 39.5 Å². The molecule has 2 aliphatic heterocycles. The van der Waals surface area contributed by atoms with Crippen molar-refractivity contribution in [1.29, 1.82) is 0 Å². The lowest BCUT2D eigenvalue weighted by Crippen LogP contribution is -2.57. The second kappa shape index (κ2) is 3.16. The number of rotatable bonds is 0. The standard InChI is InChI=1S/C7H8Cl3NO2/c8-3-2-13-4-1-11-6(12)7(9,10)5(3)4/h3-5H,1-2H2,(H,11,12)/t3-,4+,5+/m0/s1. The van der Waals surface area contributed by atoms with Crippen LogP contribution in [0.4, 0.5) is 0 Å². The van der Waals surface area contributed by atoms with Crippen LogP contribution < -0.4 is 5.32 Å². The van der Waals surface area contributed by atoms with E-state index in [1.165, 1.54) is 0 Å². The van der Waals surface area contributed by atoms with Crippen molar-refractivity contribution in [1.82, 2.24) is 5.32 Å². The molecule has 2 heterocycles. The van der Waals surface area contributed by atoms with E-state index in [-0.39, 0.29) is 23.3 Å². The zero-order valence-corrected chi connectivity index (χ0v) is 8.86. The van der Waals surface area contributed by atoms with Crippen molar-refractivity contribution in [3.63, 3.8) is 0 Å². The molecule has 0 spiro atoms. The molecule has 3 atom stereocenters. The second-order valence-electron chi connectivity index (χ2n) is 3.25. The molecule has 1 amide bonds. The fourth-order valence-electron chi connectivity index (χ4n) is 1.76. The highest BCUT2D eigenvalue weighted by atomic mass is 35.5. The van der Waals surface area contributed by atoms with Crippen molar-refractivity contribution in [2.24, 2.45) is 5.92 Å². The van der Waals surface area contributed by atoms with Gasteiger partial charge in [0.15, 0.2) is 0 Å². The van der Waals surface area contributed by atoms with Crippen LogP contribution in [-0.4, -0.2) is 34.9 Å². The van der Waals surface area contributed by atoms with Crippen LogP contribution in [0.1, 0.15) is 0 Å². The molecule has 0 unspecified atom stereocenters. The van der Waals surface area contributed by atoms with E-state index in [9.17, 15) is 4.79 Å². The van der Waals surface area contributed by atoms with Gasteiger partial charge in [-0.25, -0.2) is 0 Å². The van der Waals surface area contributed by atoms with Crippen LogP contribution in [0, 0.1) is 5.92 Å². The van der Waals surface area contributed by atoms with Crippen molar-refractivity contribution in [2.75, 3.05) is 13.2 Å². The van der Waals surface area contributed by atoms with Gasteiger partial charge in [-0.1, -0.05) is 23.2 Å². The van der Waals surface area contributed by atoms with E-state index in [0.29, 0.717) is 13.2 Å². The fourth-order valence-corrected chi connectivity index (χ4v) is 3.04. The summed E-state index contributed by atoms with van der Waals surface area (Å²) in [5.74, 6) is -0.695. The predicted octanol–water partition coefficient (Wildman–Crippen LogP) is 0.912. The molecule has 0 aromatic carbocycles. The molecule has 2 rings (SSSR count). The predicted molar refractivity (Wildman–Crippen MR) is 50.3 cm³/mol. The summed E-state index contributed by atoms with van der Waals surface area (Å²) in [7, 11) is 0. The summed E-state index contributed by atoms with van der Waals surface area (Å²) < 4.78 is 3.88. The smallest absolute Gasteiger partial charge is 0.256 e. The topological polar surface area (TPSA) is 38.3 Å². The number of nitrogens with one attached hydrogen (secondary N) is 1. The van der Waals surface area contributed by atoms with Gasteiger partial charge in [-0.15, -0.1) is 11.6 Å². The molecular weight excluding hydrogens is 236 g/mol. The lowest BCUT2D eigenvalue weighted by Gasteiger charge is -2.35. The summed E-state index contributed by atoms with van der Waals surface area (Å²) in [5.41, 5.74) is 0. The summed E-state index contributed by atoms with van der Waals surface area (Å²) >= 11 is 17.8. The lowest BCUT2D eigenvalue weighted by atomic mass is 9.92. The highest BCUT2D eigenvalue weighted by Crippen LogP contribution is 2.43. The molecule has 0 bridgehead atoms. The molecular formula is C7H8Cl3NO2. The van der Waals surface area contributed by atoms with Crippen molar-refractivity contribution < 1.29 is 9.53 Å². The number of carbonyl (C=O) groups excluding carboxylic acids is 1. The van der Waals surface area contributed by atoms with Crippen molar-refractivity contribution in [3.8, 4) is 0 Å². The third kappa shape index (κ3) is 1.42. The third-order valence-electron chi connectivity index (χ3n) is 2.44. The van der Waals surface area contributed by atoms with Crippen LogP contribution >= 0.6 is 34.8 Å². The Balaban J connectivity index is 2.28. The Morgan fingerprint density at radius 2 is 2.23 bits per heavy atom. The molecule has 0 radical (unpaired) electrons. The van der Waals surface area contributed by atoms with Gasteiger partial charge in [0.1, 0.15) is 0 Å². The van der Waals surface area contributed by atoms with Gasteiger partial charge in [0.2, 0.25) is 4.33 Å². The molecule has 6 heteroatoms. The number of hydrogen-bond donors (Lipinski definition) is 1. The van der Waals surface area contributed by atoms with Gasteiger partial charge in [-0.05, 0) is 0 Å². The Labute approximate surface area is 90.7 Å². The van der Waals surface area contributed by atoms with Crippen LogP contribution in [0.5, 0.6) is 0 Å². The van der Waals surface area contributed by atoms with Crippen LogP contribution in [0.15, 0.2) is 0 Å². The van der Waals surface area contributed by atoms with Gasteiger partial charge >= 0.3 is 0 Å². The summed E-state index contributed by atoms with van der Waals surface area (Å²) in [6.45, 7) is 0.834. The van der Waals surface area contributed by atoms with Crippen molar-refractivity contribution in [3.05, 3.63) is 0 Å². The van der Waals surface area contributed by atoms with Gasteiger partial charge in [0.05, 0.1) is 18.1 Å². The quantitative estimate of drug-likeness (QED) is 0.644. The molecule has 13 heavy (non-hydrogen) atoms. The summed E-state index contributed by atoms with van der Waals surface area (Å²) in [6, 6.07) is 0. The molecule has 0 aliphatic carbocycles. The van der Waals surface area contributed by atoms with Crippen LogP contribution in [-0.2, 0) is 9.53 Å². The zero-order chi connectivity index (χ0) is 9.64. The largest absolute Gasteiger partial charge is 0.374 e. The number of ether oxygens (including phenoxy) is 1. The Bertz CT molecular complexity index is 246. The van der Waals surface area contributed by atoms with E-state index >= 15 is 0 Å². The van der Waals surface area contributed by atoms with Gasteiger partial charge in [0, 0.05) is 12.5 Å². The molecule has 0 aromatic heterocycles. The lowest BCUT2D eigenvalue weighted by molar-refractivity contribution is -0.126. The number of amides is 1. The van der Waals surface area contributed by atoms with E-state index in [1.807, 2.05) is 0 Å². The fraction of sp³-hybridized carbons (Fsp3) is 0.857. The monoisotopic (exact) mass is 243 g/mol. The van der Waals surface area contributed by atoms with Gasteiger partial charge in [0.25, 0.3) is 5.91 Å². The second-order valence-corrected chi connectivity index (χ2v) is 5.19. The minimum atomic E-state index is -1.45.